The Labute approximate surface area is 101 Å². The molecule has 1 aliphatic heterocycles. The Hall–Kier alpha value is -1.16. The van der Waals surface area contributed by atoms with Gasteiger partial charge in [-0.15, -0.1) is 0 Å². The van der Waals surface area contributed by atoms with Crippen LogP contribution in [-0.2, 0) is 17.8 Å². The summed E-state index contributed by atoms with van der Waals surface area (Å²) in [5, 5.41) is 0. The van der Waals surface area contributed by atoms with Crippen molar-refractivity contribution in [1.29, 1.82) is 0 Å². The Bertz CT molecular complexity index is 471. The molecule has 0 saturated heterocycles. The summed E-state index contributed by atoms with van der Waals surface area (Å²) in [7, 11) is 0. The second-order valence-corrected chi connectivity index (χ2v) is 5.77. The average Bonchev–Trinajstić information content (AvgIpc) is 2.27. The highest BCUT2D eigenvalue weighted by molar-refractivity contribution is 5.20. The maximum atomic E-state index is 11.9. The van der Waals surface area contributed by atoms with Gasteiger partial charge < -0.3 is 9.72 Å². The van der Waals surface area contributed by atoms with Crippen molar-refractivity contribution in [2.45, 2.75) is 46.6 Å². The van der Waals surface area contributed by atoms with Crippen molar-refractivity contribution in [3.8, 4) is 0 Å². The average molecular weight is 236 g/mol. The molecule has 0 aliphatic carbocycles. The molecule has 0 bridgehead atoms. The highest BCUT2D eigenvalue weighted by Gasteiger charge is 2.25. The fourth-order valence-corrected chi connectivity index (χ4v) is 1.88. The van der Waals surface area contributed by atoms with E-state index in [1.807, 2.05) is 0 Å². The van der Waals surface area contributed by atoms with Gasteiger partial charge >= 0.3 is 0 Å². The summed E-state index contributed by atoms with van der Waals surface area (Å²) in [6, 6.07) is 0. The van der Waals surface area contributed by atoms with Crippen LogP contribution in [0.5, 0.6) is 0 Å². The number of aromatic nitrogens is 2. The number of hydrogen-bond donors (Lipinski definition) is 1. The van der Waals surface area contributed by atoms with Crippen LogP contribution >= 0.6 is 0 Å². The normalized spacial score (nSPS) is 17.6. The zero-order chi connectivity index (χ0) is 12.6. The Kier molecular flexibility index (Phi) is 3.08. The lowest BCUT2D eigenvalue weighted by Crippen LogP contribution is -2.28. The van der Waals surface area contributed by atoms with E-state index in [1.54, 1.807) is 0 Å². The van der Waals surface area contributed by atoms with Crippen molar-refractivity contribution in [3.63, 3.8) is 0 Å². The molecule has 4 heteroatoms. The van der Waals surface area contributed by atoms with Crippen LogP contribution in [0.3, 0.4) is 0 Å². The number of nitrogens with one attached hydrogen (secondary N) is 1. The zero-order valence-corrected chi connectivity index (χ0v) is 11.0. The SMILES string of the molecule is CC(c1nc2c(c(=O)[nH]1)COCC2)C(C)(C)C. The molecule has 0 radical (unpaired) electrons. The highest BCUT2D eigenvalue weighted by atomic mass is 16.5. The minimum atomic E-state index is -0.0409. The molecule has 2 rings (SSSR count). The van der Waals surface area contributed by atoms with Gasteiger partial charge in [0.05, 0.1) is 24.5 Å². The molecule has 1 atom stereocenters. The van der Waals surface area contributed by atoms with Crippen LogP contribution in [0, 0.1) is 5.41 Å². The molecule has 4 nitrogen and oxygen atoms in total. The fourth-order valence-electron chi connectivity index (χ4n) is 1.88. The Morgan fingerprint density at radius 1 is 1.41 bits per heavy atom. The number of ether oxygens (including phenoxy) is 1. The summed E-state index contributed by atoms with van der Waals surface area (Å²) in [6.07, 6.45) is 0.739. The van der Waals surface area contributed by atoms with E-state index in [0.717, 1.165) is 17.9 Å². The van der Waals surface area contributed by atoms with Gasteiger partial charge in [0, 0.05) is 12.3 Å². The van der Waals surface area contributed by atoms with Crippen LogP contribution in [0.1, 0.15) is 50.7 Å². The summed E-state index contributed by atoms with van der Waals surface area (Å²) in [4.78, 5) is 19.4. The maximum absolute atomic E-state index is 11.9. The van der Waals surface area contributed by atoms with Crippen LogP contribution in [0.4, 0.5) is 0 Å². The predicted octanol–water partition coefficient (Wildman–Crippen LogP) is 1.99. The molecule has 17 heavy (non-hydrogen) atoms. The van der Waals surface area contributed by atoms with Gasteiger partial charge in [-0.2, -0.15) is 0 Å². The molecular weight excluding hydrogens is 216 g/mol. The molecular formula is C13H20N2O2. The van der Waals surface area contributed by atoms with Crippen molar-refractivity contribution in [3.05, 3.63) is 27.4 Å². The number of nitrogens with zero attached hydrogens (tertiary/aromatic N) is 1. The molecule has 1 unspecified atom stereocenters. The lowest BCUT2D eigenvalue weighted by atomic mass is 9.81. The van der Waals surface area contributed by atoms with Crippen LogP contribution in [0.25, 0.3) is 0 Å². The molecule has 1 N–H and O–H groups in total. The number of hydrogen-bond acceptors (Lipinski definition) is 3. The lowest BCUT2D eigenvalue weighted by molar-refractivity contribution is 0.107. The van der Waals surface area contributed by atoms with Crippen molar-refractivity contribution >= 4 is 0 Å². The minimum absolute atomic E-state index is 0.0409. The van der Waals surface area contributed by atoms with Crippen molar-refractivity contribution in [1.82, 2.24) is 9.97 Å². The maximum Gasteiger partial charge on any atom is 0.256 e. The summed E-state index contributed by atoms with van der Waals surface area (Å²) < 4.78 is 5.28. The van der Waals surface area contributed by atoms with Gasteiger partial charge in [0.2, 0.25) is 0 Å². The minimum Gasteiger partial charge on any atom is -0.376 e. The first-order valence-electron chi connectivity index (χ1n) is 6.09. The molecule has 0 aromatic carbocycles. The number of fused-ring (bicyclic) bond motifs is 1. The van der Waals surface area contributed by atoms with Crippen molar-refractivity contribution < 1.29 is 4.74 Å². The van der Waals surface area contributed by atoms with Crippen LogP contribution in [0.2, 0.25) is 0 Å². The van der Waals surface area contributed by atoms with E-state index in [4.69, 9.17) is 4.74 Å². The summed E-state index contributed by atoms with van der Waals surface area (Å²) in [6.45, 7) is 9.61. The number of aromatic amines is 1. The van der Waals surface area contributed by atoms with E-state index in [2.05, 4.69) is 37.7 Å². The van der Waals surface area contributed by atoms with E-state index in [0.29, 0.717) is 18.8 Å². The number of rotatable bonds is 1. The standard InChI is InChI=1S/C13H20N2O2/c1-8(13(2,3)4)11-14-10-5-6-17-7-9(10)12(16)15-11/h8H,5-7H2,1-4H3,(H,14,15,16). The molecule has 0 spiro atoms. The topological polar surface area (TPSA) is 55.0 Å². The van der Waals surface area contributed by atoms with Crippen LogP contribution < -0.4 is 5.56 Å². The third kappa shape index (κ3) is 2.41. The van der Waals surface area contributed by atoms with E-state index in [1.165, 1.54) is 0 Å². The largest absolute Gasteiger partial charge is 0.376 e. The fraction of sp³-hybridized carbons (Fsp3) is 0.692. The van der Waals surface area contributed by atoms with Gasteiger partial charge in [-0.25, -0.2) is 4.98 Å². The molecule has 2 heterocycles. The molecule has 0 saturated carbocycles. The molecule has 1 aliphatic rings. The second kappa shape index (κ2) is 4.26. The van der Waals surface area contributed by atoms with Gasteiger partial charge in [-0.1, -0.05) is 27.7 Å². The molecule has 0 fully saturated rings. The first-order valence-corrected chi connectivity index (χ1v) is 6.09. The van der Waals surface area contributed by atoms with E-state index >= 15 is 0 Å². The quantitative estimate of drug-likeness (QED) is 0.811. The summed E-state index contributed by atoms with van der Waals surface area (Å²) in [5.74, 6) is 1.02. The van der Waals surface area contributed by atoms with E-state index in [9.17, 15) is 4.79 Å². The van der Waals surface area contributed by atoms with E-state index < -0.39 is 0 Å². The predicted molar refractivity (Wildman–Crippen MR) is 66.1 cm³/mol. The smallest absolute Gasteiger partial charge is 0.256 e. The van der Waals surface area contributed by atoms with Crippen LogP contribution in [0.15, 0.2) is 4.79 Å². The van der Waals surface area contributed by atoms with Gasteiger partial charge in [-0.05, 0) is 5.41 Å². The number of H-pyrrole nitrogens is 1. The van der Waals surface area contributed by atoms with E-state index in [-0.39, 0.29) is 16.9 Å². The van der Waals surface area contributed by atoms with Gasteiger partial charge in [-0.3, -0.25) is 4.79 Å². The second-order valence-electron chi connectivity index (χ2n) is 5.77. The molecule has 1 aromatic rings. The summed E-state index contributed by atoms with van der Waals surface area (Å²) >= 11 is 0. The Balaban J connectivity index is 2.44. The molecule has 0 amide bonds. The van der Waals surface area contributed by atoms with Gasteiger partial charge in [0.15, 0.2) is 0 Å². The molecule has 94 valence electrons. The van der Waals surface area contributed by atoms with Crippen LogP contribution in [-0.4, -0.2) is 16.6 Å². The summed E-state index contributed by atoms with van der Waals surface area (Å²) in [5.41, 5.74) is 1.66. The van der Waals surface area contributed by atoms with Gasteiger partial charge in [0.1, 0.15) is 5.82 Å². The third-order valence-corrected chi connectivity index (χ3v) is 3.56. The lowest BCUT2D eigenvalue weighted by Gasteiger charge is -2.27. The zero-order valence-electron chi connectivity index (χ0n) is 11.0. The Morgan fingerprint density at radius 2 is 2.12 bits per heavy atom. The monoisotopic (exact) mass is 236 g/mol. The highest BCUT2D eigenvalue weighted by Crippen LogP contribution is 2.32. The molecule has 1 aromatic heterocycles. The first kappa shape index (κ1) is 12.3. The third-order valence-electron chi connectivity index (χ3n) is 3.56. The first-order chi connectivity index (χ1) is 7.89. The van der Waals surface area contributed by atoms with Crippen molar-refractivity contribution in [2.24, 2.45) is 5.41 Å². The Morgan fingerprint density at radius 3 is 2.76 bits per heavy atom. The van der Waals surface area contributed by atoms with Gasteiger partial charge in [0.25, 0.3) is 5.56 Å². The van der Waals surface area contributed by atoms with Crippen molar-refractivity contribution in [2.75, 3.05) is 6.61 Å².